The molecule has 0 aliphatic rings. The van der Waals surface area contributed by atoms with Crippen LogP contribution in [-0.2, 0) is 6.54 Å². The summed E-state index contributed by atoms with van der Waals surface area (Å²) >= 11 is 0. The van der Waals surface area contributed by atoms with Crippen LogP contribution in [0.5, 0.6) is 0 Å². The fourth-order valence-electron chi connectivity index (χ4n) is 1.67. The van der Waals surface area contributed by atoms with Gasteiger partial charge in [0, 0.05) is 18.8 Å². The number of halogens is 1. The molecule has 0 saturated heterocycles. The van der Waals surface area contributed by atoms with Crippen molar-refractivity contribution in [2.24, 2.45) is 10.9 Å². The van der Waals surface area contributed by atoms with Gasteiger partial charge in [0.15, 0.2) is 5.96 Å². The van der Waals surface area contributed by atoms with Crippen LogP contribution >= 0.6 is 24.0 Å². The molecule has 4 nitrogen and oxygen atoms in total. The number of aryl methyl sites for hydroxylation is 1. The Morgan fingerprint density at radius 3 is 2.65 bits per heavy atom. The smallest absolute Gasteiger partial charge is 0.191 e. The lowest BCUT2D eigenvalue weighted by Gasteiger charge is -2.12. The summed E-state index contributed by atoms with van der Waals surface area (Å²) in [4.78, 5) is 9.00. The summed E-state index contributed by atoms with van der Waals surface area (Å²) < 4.78 is 0. The maximum Gasteiger partial charge on any atom is 0.191 e. The van der Waals surface area contributed by atoms with Crippen molar-refractivity contribution in [3.8, 4) is 0 Å². The lowest BCUT2D eigenvalue weighted by Crippen LogP contribution is -2.38. The minimum absolute atomic E-state index is 0. The number of guanidine groups is 1. The topological polar surface area (TPSA) is 49.3 Å². The van der Waals surface area contributed by atoms with E-state index in [1.54, 1.807) is 0 Å². The molecule has 0 saturated carbocycles. The second kappa shape index (κ2) is 10.9. The highest BCUT2D eigenvalue weighted by Crippen LogP contribution is 2.00. The number of aliphatic imine (C=N–C) groups is 1. The zero-order valence-corrected chi connectivity index (χ0v) is 15.3. The Hall–Kier alpha value is -0.850. The molecule has 0 aliphatic carbocycles. The van der Waals surface area contributed by atoms with E-state index >= 15 is 0 Å². The van der Waals surface area contributed by atoms with E-state index in [1.807, 2.05) is 25.1 Å². The third-order valence-electron chi connectivity index (χ3n) is 2.70. The molecule has 20 heavy (non-hydrogen) atoms. The maximum absolute atomic E-state index is 4.55. The molecule has 0 atom stereocenters. The highest BCUT2D eigenvalue weighted by atomic mass is 127. The zero-order chi connectivity index (χ0) is 14.1. The molecule has 2 N–H and O–H groups in total. The molecule has 5 heteroatoms. The van der Waals surface area contributed by atoms with Crippen LogP contribution in [0.4, 0.5) is 0 Å². The van der Waals surface area contributed by atoms with E-state index in [2.05, 4.69) is 41.4 Å². The van der Waals surface area contributed by atoms with E-state index in [0.717, 1.165) is 36.9 Å². The normalized spacial score (nSPS) is 11.2. The molecular weight excluding hydrogens is 363 g/mol. The van der Waals surface area contributed by atoms with Crippen LogP contribution < -0.4 is 10.6 Å². The van der Waals surface area contributed by atoms with E-state index in [1.165, 1.54) is 0 Å². The first-order valence-corrected chi connectivity index (χ1v) is 7.06. The second-order valence-electron chi connectivity index (χ2n) is 5.07. The lowest BCUT2D eigenvalue weighted by atomic mass is 10.1. The Balaban J connectivity index is 0.00000361. The van der Waals surface area contributed by atoms with Crippen molar-refractivity contribution in [3.63, 3.8) is 0 Å². The van der Waals surface area contributed by atoms with Gasteiger partial charge in [0.25, 0.3) is 0 Å². The molecule has 0 aliphatic heterocycles. The van der Waals surface area contributed by atoms with Crippen molar-refractivity contribution in [1.82, 2.24) is 15.6 Å². The van der Waals surface area contributed by atoms with Crippen LogP contribution in [-0.4, -0.2) is 24.0 Å². The van der Waals surface area contributed by atoms with Gasteiger partial charge in [-0.05, 0) is 38.3 Å². The average Bonchev–Trinajstić information content (AvgIpc) is 2.35. The molecule has 0 amide bonds. The third kappa shape index (κ3) is 8.35. The summed E-state index contributed by atoms with van der Waals surface area (Å²) in [5.74, 6) is 1.57. The number of rotatable bonds is 6. The van der Waals surface area contributed by atoms with Gasteiger partial charge in [0.2, 0.25) is 0 Å². The van der Waals surface area contributed by atoms with Crippen molar-refractivity contribution in [1.29, 1.82) is 0 Å². The van der Waals surface area contributed by atoms with Crippen LogP contribution in [0.3, 0.4) is 0 Å². The summed E-state index contributed by atoms with van der Waals surface area (Å²) in [7, 11) is 0. The van der Waals surface area contributed by atoms with Crippen LogP contribution in [0.15, 0.2) is 23.2 Å². The molecule has 0 bridgehead atoms. The van der Waals surface area contributed by atoms with Crippen molar-refractivity contribution in [2.75, 3.05) is 13.1 Å². The molecule has 0 aromatic carbocycles. The van der Waals surface area contributed by atoms with E-state index in [-0.39, 0.29) is 24.0 Å². The SMILES string of the molecule is CCNC(=NCc1cccc(C)n1)NCCC(C)C.I. The van der Waals surface area contributed by atoms with Crippen LogP contribution in [0, 0.1) is 12.8 Å². The number of hydrogen-bond donors (Lipinski definition) is 2. The molecule has 1 rings (SSSR count). The fraction of sp³-hybridized carbons (Fsp3) is 0.600. The van der Waals surface area contributed by atoms with Crippen LogP contribution in [0.1, 0.15) is 38.6 Å². The molecule has 1 aromatic heterocycles. The molecule has 1 aromatic rings. The number of aromatic nitrogens is 1. The van der Waals surface area contributed by atoms with Gasteiger partial charge in [0.05, 0.1) is 12.2 Å². The molecule has 0 radical (unpaired) electrons. The highest BCUT2D eigenvalue weighted by molar-refractivity contribution is 14.0. The molecule has 1 heterocycles. The van der Waals surface area contributed by atoms with Crippen molar-refractivity contribution in [3.05, 3.63) is 29.6 Å². The van der Waals surface area contributed by atoms with Gasteiger partial charge < -0.3 is 10.6 Å². The minimum Gasteiger partial charge on any atom is -0.357 e. The summed E-state index contributed by atoms with van der Waals surface area (Å²) in [6, 6.07) is 6.03. The van der Waals surface area contributed by atoms with Crippen molar-refractivity contribution >= 4 is 29.9 Å². The predicted octanol–water partition coefficient (Wildman–Crippen LogP) is 3.11. The Labute approximate surface area is 139 Å². The van der Waals surface area contributed by atoms with Crippen LogP contribution in [0.25, 0.3) is 0 Å². The summed E-state index contributed by atoms with van der Waals surface area (Å²) in [5.41, 5.74) is 2.03. The van der Waals surface area contributed by atoms with Crippen molar-refractivity contribution in [2.45, 2.75) is 40.7 Å². The number of nitrogens with one attached hydrogen (secondary N) is 2. The molecule has 0 spiro atoms. The third-order valence-corrected chi connectivity index (χ3v) is 2.70. The van der Waals surface area contributed by atoms with Gasteiger partial charge in [-0.2, -0.15) is 0 Å². The molecule has 0 unspecified atom stereocenters. The highest BCUT2D eigenvalue weighted by Gasteiger charge is 1.99. The van der Waals surface area contributed by atoms with Gasteiger partial charge in [-0.3, -0.25) is 4.98 Å². The average molecular weight is 390 g/mol. The molecule has 0 fully saturated rings. The first-order valence-electron chi connectivity index (χ1n) is 7.06. The van der Waals surface area contributed by atoms with Gasteiger partial charge in [-0.25, -0.2) is 4.99 Å². The largest absolute Gasteiger partial charge is 0.357 e. The van der Waals surface area contributed by atoms with Gasteiger partial charge in [-0.1, -0.05) is 19.9 Å². The molecular formula is C15H27IN4. The van der Waals surface area contributed by atoms with Gasteiger partial charge in [-0.15, -0.1) is 24.0 Å². The number of pyridine rings is 1. The Morgan fingerprint density at radius 1 is 1.30 bits per heavy atom. The van der Waals surface area contributed by atoms with Crippen molar-refractivity contribution < 1.29 is 0 Å². The Bertz CT molecular complexity index is 405. The number of hydrogen-bond acceptors (Lipinski definition) is 2. The van der Waals surface area contributed by atoms with Gasteiger partial charge >= 0.3 is 0 Å². The van der Waals surface area contributed by atoms with Crippen LogP contribution in [0.2, 0.25) is 0 Å². The monoisotopic (exact) mass is 390 g/mol. The first kappa shape index (κ1) is 19.1. The fourth-order valence-corrected chi connectivity index (χ4v) is 1.67. The predicted molar refractivity (Wildman–Crippen MR) is 96.7 cm³/mol. The van der Waals surface area contributed by atoms with E-state index < -0.39 is 0 Å². The Kier molecular flexibility index (Phi) is 10.4. The standard InChI is InChI=1S/C15H26N4.HI/c1-5-16-15(17-10-9-12(2)3)18-11-14-8-6-7-13(4)19-14;/h6-8,12H,5,9-11H2,1-4H3,(H2,16,17,18);1H. The number of nitrogens with zero attached hydrogens (tertiary/aromatic N) is 2. The minimum atomic E-state index is 0. The summed E-state index contributed by atoms with van der Waals surface area (Å²) in [5, 5.41) is 6.60. The lowest BCUT2D eigenvalue weighted by molar-refractivity contribution is 0.573. The summed E-state index contributed by atoms with van der Waals surface area (Å²) in [6.07, 6.45) is 1.15. The quantitative estimate of drug-likeness (QED) is 0.446. The zero-order valence-electron chi connectivity index (χ0n) is 12.9. The Morgan fingerprint density at radius 2 is 2.05 bits per heavy atom. The molecule has 114 valence electrons. The maximum atomic E-state index is 4.55. The summed E-state index contributed by atoms with van der Waals surface area (Å²) in [6.45, 7) is 11.0. The second-order valence-corrected chi connectivity index (χ2v) is 5.07. The first-order chi connectivity index (χ1) is 9.11. The van der Waals surface area contributed by atoms with E-state index in [0.29, 0.717) is 12.5 Å². The van der Waals surface area contributed by atoms with E-state index in [9.17, 15) is 0 Å². The van der Waals surface area contributed by atoms with Gasteiger partial charge in [0.1, 0.15) is 0 Å². The van der Waals surface area contributed by atoms with E-state index in [4.69, 9.17) is 0 Å².